The fourth-order valence-electron chi connectivity index (χ4n) is 1.33. The molecule has 0 fully saturated rings. The Labute approximate surface area is 87.2 Å². The molecule has 0 saturated carbocycles. The summed E-state index contributed by atoms with van der Waals surface area (Å²) < 4.78 is 5.13. The molecule has 0 aliphatic carbocycles. The summed E-state index contributed by atoms with van der Waals surface area (Å²) in [4.78, 5) is 4.24. The molecule has 1 radical (unpaired) electrons. The van der Waals surface area contributed by atoms with E-state index in [0.717, 1.165) is 10.6 Å². The molecule has 0 saturated heterocycles. The van der Waals surface area contributed by atoms with Gasteiger partial charge in [-0.15, -0.1) is 11.3 Å². The molecule has 1 heterocycles. The van der Waals surface area contributed by atoms with Crippen LogP contribution in [0.1, 0.15) is 5.56 Å². The van der Waals surface area contributed by atoms with Gasteiger partial charge < -0.3 is 4.74 Å². The molecule has 71 valence electrons. The van der Waals surface area contributed by atoms with E-state index < -0.39 is 0 Å². The van der Waals surface area contributed by atoms with Crippen LogP contribution in [0.5, 0.6) is 0 Å². The highest BCUT2D eigenvalue weighted by molar-refractivity contribution is 7.12. The molecule has 2 aromatic rings. The van der Waals surface area contributed by atoms with E-state index >= 15 is 0 Å². The Balaban J connectivity index is 2.42. The molecule has 0 aliphatic heterocycles. The van der Waals surface area contributed by atoms with Crippen LogP contribution in [-0.4, -0.2) is 12.1 Å². The molecule has 2 nitrogen and oxygen atoms in total. The van der Waals surface area contributed by atoms with Gasteiger partial charge in [-0.25, -0.2) is 4.98 Å². The van der Waals surface area contributed by atoms with Gasteiger partial charge in [-0.05, 0) is 5.56 Å². The monoisotopic (exact) mass is 204 g/mol. The van der Waals surface area contributed by atoms with Crippen molar-refractivity contribution in [2.24, 2.45) is 0 Å². The zero-order valence-electron chi connectivity index (χ0n) is 7.86. The Morgan fingerprint density at radius 3 is 3.00 bits per heavy atom. The lowest BCUT2D eigenvalue weighted by Gasteiger charge is -2.04. The van der Waals surface area contributed by atoms with Crippen molar-refractivity contribution in [3.63, 3.8) is 0 Å². The summed E-state index contributed by atoms with van der Waals surface area (Å²) >= 11 is 1.52. The number of rotatable bonds is 3. The van der Waals surface area contributed by atoms with E-state index in [-0.39, 0.29) is 0 Å². The van der Waals surface area contributed by atoms with E-state index in [1.807, 2.05) is 12.1 Å². The molecular weight excluding hydrogens is 194 g/mol. The number of aromatic nitrogens is 1. The summed E-state index contributed by atoms with van der Waals surface area (Å²) in [5.41, 5.74) is 2.30. The van der Waals surface area contributed by atoms with Crippen LogP contribution in [0, 0.1) is 5.38 Å². The second-order valence-electron chi connectivity index (χ2n) is 2.87. The molecule has 0 unspecified atom stereocenters. The largest absolute Gasteiger partial charge is 0.380 e. The van der Waals surface area contributed by atoms with Crippen LogP contribution in [0.25, 0.3) is 10.6 Å². The molecule has 3 heteroatoms. The van der Waals surface area contributed by atoms with Gasteiger partial charge in [0.05, 0.1) is 12.0 Å². The summed E-state index contributed by atoms with van der Waals surface area (Å²) in [5, 5.41) is 3.99. The predicted molar refractivity (Wildman–Crippen MR) is 57.1 cm³/mol. The number of hydrogen-bond acceptors (Lipinski definition) is 3. The molecule has 0 amide bonds. The van der Waals surface area contributed by atoms with Gasteiger partial charge in [0.1, 0.15) is 5.01 Å². The van der Waals surface area contributed by atoms with E-state index in [9.17, 15) is 0 Å². The first-order chi connectivity index (χ1) is 6.92. The number of benzene rings is 1. The lowest BCUT2D eigenvalue weighted by molar-refractivity contribution is 0.185. The maximum absolute atomic E-state index is 5.13. The second-order valence-corrected chi connectivity index (χ2v) is 3.70. The van der Waals surface area contributed by atoms with Crippen LogP contribution in [-0.2, 0) is 11.3 Å². The van der Waals surface area contributed by atoms with Crippen LogP contribution < -0.4 is 0 Å². The Hall–Kier alpha value is -1.19. The van der Waals surface area contributed by atoms with Gasteiger partial charge in [-0.3, -0.25) is 0 Å². The quantitative estimate of drug-likeness (QED) is 0.767. The molecule has 0 atom stereocenters. The van der Waals surface area contributed by atoms with Gasteiger partial charge >= 0.3 is 0 Å². The molecule has 0 spiro atoms. The van der Waals surface area contributed by atoms with Gasteiger partial charge in [0.15, 0.2) is 0 Å². The Morgan fingerprint density at radius 1 is 1.43 bits per heavy atom. The third-order valence-electron chi connectivity index (χ3n) is 1.94. The number of ether oxygens (including phenoxy) is 1. The van der Waals surface area contributed by atoms with Gasteiger partial charge in [-0.1, -0.05) is 24.3 Å². The van der Waals surface area contributed by atoms with Crippen molar-refractivity contribution in [2.75, 3.05) is 7.11 Å². The van der Waals surface area contributed by atoms with Crippen molar-refractivity contribution in [1.29, 1.82) is 0 Å². The Kier molecular flexibility index (Phi) is 2.91. The van der Waals surface area contributed by atoms with Crippen LogP contribution in [0.4, 0.5) is 0 Å². The van der Waals surface area contributed by atoms with E-state index in [0.29, 0.717) is 6.61 Å². The number of hydrogen-bond donors (Lipinski definition) is 0. The fourth-order valence-corrected chi connectivity index (χ4v) is 1.96. The van der Waals surface area contributed by atoms with Gasteiger partial charge in [0.25, 0.3) is 0 Å². The predicted octanol–water partition coefficient (Wildman–Crippen LogP) is 2.76. The minimum atomic E-state index is 0.621. The molecule has 2 rings (SSSR count). The third-order valence-corrected chi connectivity index (χ3v) is 2.68. The topological polar surface area (TPSA) is 22.1 Å². The van der Waals surface area contributed by atoms with E-state index in [1.165, 1.54) is 16.9 Å². The van der Waals surface area contributed by atoms with Crippen molar-refractivity contribution in [1.82, 2.24) is 4.98 Å². The van der Waals surface area contributed by atoms with Crippen LogP contribution in [0.3, 0.4) is 0 Å². The summed E-state index contributed by atoms with van der Waals surface area (Å²) in [6, 6.07) is 8.13. The highest BCUT2D eigenvalue weighted by Crippen LogP contribution is 2.25. The fraction of sp³-hybridized carbons (Fsp3) is 0.182. The van der Waals surface area contributed by atoms with Gasteiger partial charge in [-0.2, -0.15) is 0 Å². The molecule has 0 bridgehead atoms. The second kappa shape index (κ2) is 4.35. The number of thiazole rings is 1. The maximum Gasteiger partial charge on any atom is 0.124 e. The van der Waals surface area contributed by atoms with Crippen LogP contribution in [0.15, 0.2) is 30.5 Å². The Morgan fingerprint density at radius 2 is 2.29 bits per heavy atom. The highest BCUT2D eigenvalue weighted by Gasteiger charge is 2.05. The van der Waals surface area contributed by atoms with E-state index in [4.69, 9.17) is 4.74 Å². The SMILES string of the molecule is COCc1ccccc1-c1nc[c]s1. The van der Waals surface area contributed by atoms with Crippen LogP contribution >= 0.6 is 11.3 Å². The average Bonchev–Trinajstić information content (AvgIpc) is 2.72. The summed E-state index contributed by atoms with van der Waals surface area (Å²) in [5.74, 6) is 0. The first-order valence-corrected chi connectivity index (χ1v) is 5.12. The Bertz CT molecular complexity index is 397. The normalized spacial score (nSPS) is 10.4. The van der Waals surface area contributed by atoms with Crippen molar-refractivity contribution in [3.05, 3.63) is 41.4 Å². The van der Waals surface area contributed by atoms with Crippen molar-refractivity contribution in [2.45, 2.75) is 6.61 Å². The first-order valence-electron chi connectivity index (χ1n) is 4.31. The summed E-state index contributed by atoms with van der Waals surface area (Å²) in [6.07, 6.45) is 1.70. The maximum atomic E-state index is 5.13. The minimum absolute atomic E-state index is 0.621. The zero-order valence-corrected chi connectivity index (χ0v) is 8.67. The zero-order chi connectivity index (χ0) is 9.80. The molecule has 14 heavy (non-hydrogen) atoms. The number of methoxy groups -OCH3 is 1. The van der Waals surface area contributed by atoms with E-state index in [2.05, 4.69) is 22.5 Å². The molecular formula is C11H10NOS. The van der Waals surface area contributed by atoms with E-state index in [1.54, 1.807) is 13.3 Å². The molecule has 0 N–H and O–H groups in total. The number of nitrogens with zero attached hydrogens (tertiary/aromatic N) is 1. The third kappa shape index (κ3) is 1.84. The molecule has 0 aliphatic rings. The van der Waals surface area contributed by atoms with Crippen molar-refractivity contribution < 1.29 is 4.74 Å². The summed E-state index contributed by atoms with van der Waals surface area (Å²) in [7, 11) is 1.70. The van der Waals surface area contributed by atoms with Gasteiger partial charge in [0, 0.05) is 18.9 Å². The van der Waals surface area contributed by atoms with Gasteiger partial charge in [0.2, 0.25) is 0 Å². The smallest absolute Gasteiger partial charge is 0.124 e. The van der Waals surface area contributed by atoms with Crippen molar-refractivity contribution >= 4 is 11.3 Å². The first kappa shape index (κ1) is 9.37. The lowest BCUT2D eigenvalue weighted by atomic mass is 10.1. The summed E-state index contributed by atoms with van der Waals surface area (Å²) in [6.45, 7) is 0.621. The molecule has 1 aromatic heterocycles. The van der Waals surface area contributed by atoms with Crippen molar-refractivity contribution in [3.8, 4) is 10.6 Å². The van der Waals surface area contributed by atoms with Crippen LogP contribution in [0.2, 0.25) is 0 Å². The minimum Gasteiger partial charge on any atom is -0.380 e. The average molecular weight is 204 g/mol. The highest BCUT2D eigenvalue weighted by atomic mass is 32.1. The standard InChI is InChI=1S/C11H10NOS/c1-13-8-9-4-2-3-5-10(9)11-12-6-7-14-11/h2-6H,8H2,1H3. The lowest BCUT2D eigenvalue weighted by Crippen LogP contribution is -1.90. The molecule has 1 aromatic carbocycles.